The van der Waals surface area contributed by atoms with Crippen LogP contribution < -0.4 is 10.6 Å². The molecule has 0 radical (unpaired) electrons. The van der Waals surface area contributed by atoms with Gasteiger partial charge in [-0.3, -0.25) is 0 Å². The average Bonchev–Trinajstić information content (AvgIpc) is 3.11. The third kappa shape index (κ3) is 3.76. The summed E-state index contributed by atoms with van der Waals surface area (Å²) in [6, 6.07) is 16.3. The molecule has 0 aliphatic carbocycles. The van der Waals surface area contributed by atoms with E-state index in [-0.39, 0.29) is 0 Å². The molecule has 4 rings (SSSR count). The van der Waals surface area contributed by atoms with Crippen molar-refractivity contribution in [1.29, 1.82) is 0 Å². The van der Waals surface area contributed by atoms with Gasteiger partial charge in [-0.15, -0.1) is 0 Å². The van der Waals surface area contributed by atoms with Crippen molar-refractivity contribution >= 4 is 28.9 Å². The quantitative estimate of drug-likeness (QED) is 0.685. The highest BCUT2D eigenvalue weighted by Crippen LogP contribution is 2.27. The van der Waals surface area contributed by atoms with Crippen LogP contribution in [0.2, 0.25) is 5.02 Å². The molecule has 2 aromatic carbocycles. The highest BCUT2D eigenvalue weighted by molar-refractivity contribution is 6.30. The number of hydrogen-bond donors (Lipinski definition) is 2. The molecule has 5 heteroatoms. The maximum Gasteiger partial charge on any atom is 0.299 e. The third-order valence-corrected chi connectivity index (χ3v) is 4.42. The summed E-state index contributed by atoms with van der Waals surface area (Å²) in [7, 11) is 0. The lowest BCUT2D eigenvalue weighted by molar-refractivity contribution is 0.592. The van der Waals surface area contributed by atoms with Crippen LogP contribution in [0.4, 0.5) is 11.7 Å². The van der Waals surface area contributed by atoms with Gasteiger partial charge in [-0.05, 0) is 42.3 Å². The number of nitrogens with zero attached hydrogens (tertiary/aromatic N) is 1. The number of aromatic nitrogens is 1. The van der Waals surface area contributed by atoms with Crippen molar-refractivity contribution in [3.8, 4) is 11.3 Å². The summed E-state index contributed by atoms with van der Waals surface area (Å²) in [5, 5.41) is 7.12. The Morgan fingerprint density at radius 3 is 2.68 bits per heavy atom. The minimum Gasteiger partial charge on any atom is -0.423 e. The fraction of sp³-hybridized carbons (Fsp3) is 0.150. The van der Waals surface area contributed by atoms with Gasteiger partial charge in [-0.25, -0.2) is 4.98 Å². The van der Waals surface area contributed by atoms with Crippen LogP contribution in [0.15, 0.2) is 65.2 Å². The Morgan fingerprint density at radius 1 is 1.08 bits per heavy atom. The van der Waals surface area contributed by atoms with E-state index >= 15 is 0 Å². The molecular weight excluding hydrogens is 334 g/mol. The van der Waals surface area contributed by atoms with Gasteiger partial charge < -0.3 is 15.1 Å². The minimum atomic E-state index is 0.447. The van der Waals surface area contributed by atoms with E-state index in [0.29, 0.717) is 11.0 Å². The highest BCUT2D eigenvalue weighted by Gasteiger charge is 2.09. The van der Waals surface area contributed by atoms with Crippen LogP contribution in [0.5, 0.6) is 0 Å². The van der Waals surface area contributed by atoms with Crippen LogP contribution in [-0.2, 0) is 0 Å². The molecule has 0 bridgehead atoms. The first-order chi connectivity index (χ1) is 12.3. The van der Waals surface area contributed by atoms with Crippen molar-refractivity contribution in [2.75, 3.05) is 18.4 Å². The lowest BCUT2D eigenvalue weighted by Crippen LogP contribution is -2.19. The standard InChI is InChI=1S/C20H18ClN3O/c21-17-2-1-3-18(12-17)24-20-23-13-19(25-20)16-6-4-14(5-7-16)15-8-10-22-11-9-15/h1-8,12-13,22H,9-11H2,(H,23,24). The number of nitrogens with one attached hydrogen (secondary N) is 2. The number of oxazole rings is 1. The van der Waals surface area contributed by atoms with Gasteiger partial charge in [0.1, 0.15) is 0 Å². The minimum absolute atomic E-state index is 0.447. The second-order valence-corrected chi connectivity index (χ2v) is 6.36. The monoisotopic (exact) mass is 351 g/mol. The molecule has 0 unspecified atom stereocenters. The van der Waals surface area contributed by atoms with Gasteiger partial charge in [0.15, 0.2) is 5.76 Å². The number of rotatable bonds is 4. The normalized spacial score (nSPS) is 14.2. The fourth-order valence-corrected chi connectivity index (χ4v) is 3.08. The molecule has 0 saturated carbocycles. The summed E-state index contributed by atoms with van der Waals surface area (Å²) >= 11 is 5.99. The summed E-state index contributed by atoms with van der Waals surface area (Å²) in [4.78, 5) is 4.29. The maximum absolute atomic E-state index is 5.99. The molecule has 0 saturated heterocycles. The Hall–Kier alpha value is -2.56. The molecule has 126 valence electrons. The van der Waals surface area contributed by atoms with Crippen molar-refractivity contribution in [3.63, 3.8) is 0 Å². The van der Waals surface area contributed by atoms with Crippen molar-refractivity contribution in [2.45, 2.75) is 6.42 Å². The SMILES string of the molecule is Clc1cccc(Nc2ncc(-c3ccc(C4=CCNCC4)cc3)o2)c1. The molecule has 0 fully saturated rings. The van der Waals surface area contributed by atoms with E-state index in [1.54, 1.807) is 6.20 Å². The molecule has 1 aliphatic rings. The van der Waals surface area contributed by atoms with Crippen LogP contribution >= 0.6 is 11.6 Å². The van der Waals surface area contributed by atoms with Gasteiger partial charge in [0, 0.05) is 22.8 Å². The van der Waals surface area contributed by atoms with E-state index in [0.717, 1.165) is 36.5 Å². The van der Waals surface area contributed by atoms with Gasteiger partial charge in [0.05, 0.1) is 6.20 Å². The molecule has 25 heavy (non-hydrogen) atoms. The molecule has 4 nitrogen and oxygen atoms in total. The first-order valence-corrected chi connectivity index (χ1v) is 8.65. The third-order valence-electron chi connectivity index (χ3n) is 4.19. The van der Waals surface area contributed by atoms with Crippen molar-refractivity contribution in [2.24, 2.45) is 0 Å². The summed E-state index contributed by atoms with van der Waals surface area (Å²) in [5.41, 5.74) is 4.51. The summed E-state index contributed by atoms with van der Waals surface area (Å²) in [5.74, 6) is 0.732. The van der Waals surface area contributed by atoms with Crippen LogP contribution in [0.25, 0.3) is 16.9 Å². The van der Waals surface area contributed by atoms with Crippen molar-refractivity contribution in [3.05, 3.63) is 71.4 Å². The number of benzene rings is 2. The largest absolute Gasteiger partial charge is 0.423 e. The first-order valence-electron chi connectivity index (χ1n) is 8.27. The van der Waals surface area contributed by atoms with E-state index in [9.17, 15) is 0 Å². The van der Waals surface area contributed by atoms with Crippen LogP contribution in [0.3, 0.4) is 0 Å². The molecule has 2 heterocycles. The number of anilines is 2. The summed E-state index contributed by atoms with van der Waals surface area (Å²) in [6.45, 7) is 1.98. The molecular formula is C20H18ClN3O. The van der Waals surface area contributed by atoms with Gasteiger partial charge >= 0.3 is 0 Å². The zero-order valence-corrected chi connectivity index (χ0v) is 14.4. The van der Waals surface area contributed by atoms with Gasteiger partial charge in [-0.1, -0.05) is 48.0 Å². The smallest absolute Gasteiger partial charge is 0.299 e. The Bertz CT molecular complexity index is 899. The van der Waals surface area contributed by atoms with Crippen molar-refractivity contribution in [1.82, 2.24) is 10.3 Å². The summed E-state index contributed by atoms with van der Waals surface area (Å²) in [6.07, 6.45) is 5.04. The highest BCUT2D eigenvalue weighted by atomic mass is 35.5. The fourth-order valence-electron chi connectivity index (χ4n) is 2.89. The predicted molar refractivity (Wildman–Crippen MR) is 102 cm³/mol. The van der Waals surface area contributed by atoms with Gasteiger partial charge in [0.2, 0.25) is 0 Å². The molecule has 0 spiro atoms. The second kappa shape index (κ2) is 7.13. The van der Waals surface area contributed by atoms with Crippen LogP contribution in [-0.4, -0.2) is 18.1 Å². The van der Waals surface area contributed by atoms with E-state index in [1.165, 1.54) is 11.1 Å². The molecule has 1 aliphatic heterocycles. The topological polar surface area (TPSA) is 50.1 Å². The zero-order chi connectivity index (χ0) is 17.1. The average molecular weight is 352 g/mol. The Labute approximate surface area is 151 Å². The number of halogens is 1. The Balaban J connectivity index is 1.50. The Kier molecular flexibility index (Phi) is 4.55. The Morgan fingerprint density at radius 2 is 1.92 bits per heavy atom. The van der Waals surface area contributed by atoms with Gasteiger partial charge in [0.25, 0.3) is 6.01 Å². The van der Waals surface area contributed by atoms with Gasteiger partial charge in [-0.2, -0.15) is 0 Å². The number of hydrogen-bond acceptors (Lipinski definition) is 4. The van der Waals surface area contributed by atoms with Crippen LogP contribution in [0, 0.1) is 0 Å². The molecule has 0 atom stereocenters. The second-order valence-electron chi connectivity index (χ2n) is 5.93. The van der Waals surface area contributed by atoms with E-state index < -0.39 is 0 Å². The predicted octanol–water partition coefficient (Wildman–Crippen LogP) is 5.12. The maximum atomic E-state index is 5.99. The van der Waals surface area contributed by atoms with Crippen LogP contribution in [0.1, 0.15) is 12.0 Å². The lowest BCUT2D eigenvalue weighted by atomic mass is 9.99. The van der Waals surface area contributed by atoms with Crippen molar-refractivity contribution < 1.29 is 4.42 Å². The molecule has 0 amide bonds. The van der Waals surface area contributed by atoms with E-state index in [2.05, 4.69) is 46.0 Å². The molecule has 2 N–H and O–H groups in total. The van der Waals surface area contributed by atoms with E-state index in [4.69, 9.17) is 16.0 Å². The molecule has 1 aromatic heterocycles. The lowest BCUT2D eigenvalue weighted by Gasteiger charge is -2.14. The van der Waals surface area contributed by atoms with E-state index in [1.807, 2.05) is 24.3 Å². The first kappa shape index (κ1) is 15.9. The molecule has 3 aromatic rings. The summed E-state index contributed by atoms with van der Waals surface area (Å²) < 4.78 is 5.81. The zero-order valence-electron chi connectivity index (χ0n) is 13.6.